The van der Waals surface area contributed by atoms with E-state index in [1.807, 2.05) is 26.8 Å². The Hall–Kier alpha value is -1.42. The molecule has 0 saturated heterocycles. The molecule has 19 heavy (non-hydrogen) atoms. The van der Waals surface area contributed by atoms with Gasteiger partial charge in [0.25, 0.3) is 0 Å². The van der Waals surface area contributed by atoms with Gasteiger partial charge in [-0.2, -0.15) is 0 Å². The fourth-order valence-electron chi connectivity index (χ4n) is 1.63. The molecule has 0 aromatic heterocycles. The Morgan fingerprint density at radius 1 is 1.37 bits per heavy atom. The number of nitrogens with one attached hydrogen (secondary N) is 1. The number of hydrogen-bond donors (Lipinski definition) is 1. The average molecular weight is 267 g/mol. The van der Waals surface area contributed by atoms with Gasteiger partial charge in [0.2, 0.25) is 0 Å². The zero-order valence-corrected chi connectivity index (χ0v) is 11.8. The van der Waals surface area contributed by atoms with Crippen LogP contribution in [0.2, 0.25) is 0 Å². The summed E-state index contributed by atoms with van der Waals surface area (Å²) in [5.74, 6) is -0.409. The molecule has 0 heterocycles. The first-order valence-electron chi connectivity index (χ1n) is 6.54. The van der Waals surface area contributed by atoms with Crippen molar-refractivity contribution in [3.05, 3.63) is 35.6 Å². The number of carbonyl (C=O) groups is 1. The third-order valence-electron chi connectivity index (χ3n) is 2.37. The standard InChI is InChI=1S/C15H22FNO2/c1-15(2,3)19-14(18)8-5-9-17-11-12-6-4-7-13(16)10-12/h4,6-7,10,17H,5,8-9,11H2,1-3H3. The molecule has 0 unspecified atom stereocenters. The van der Waals surface area contributed by atoms with Crippen LogP contribution in [-0.2, 0) is 16.1 Å². The van der Waals surface area contributed by atoms with Crippen molar-refractivity contribution in [1.82, 2.24) is 5.32 Å². The summed E-state index contributed by atoms with van der Waals surface area (Å²) < 4.78 is 18.1. The molecule has 0 saturated carbocycles. The van der Waals surface area contributed by atoms with E-state index < -0.39 is 5.60 Å². The van der Waals surface area contributed by atoms with Crippen molar-refractivity contribution in [3.63, 3.8) is 0 Å². The van der Waals surface area contributed by atoms with E-state index in [0.717, 1.165) is 5.56 Å². The van der Waals surface area contributed by atoms with E-state index in [-0.39, 0.29) is 11.8 Å². The molecule has 0 aliphatic rings. The first kappa shape index (κ1) is 15.6. The Morgan fingerprint density at radius 3 is 2.74 bits per heavy atom. The first-order chi connectivity index (χ1) is 8.87. The maximum absolute atomic E-state index is 12.9. The van der Waals surface area contributed by atoms with Gasteiger partial charge < -0.3 is 10.1 Å². The predicted octanol–water partition coefficient (Wildman–Crippen LogP) is 3.04. The summed E-state index contributed by atoms with van der Waals surface area (Å²) in [5.41, 5.74) is 0.476. The molecule has 0 fully saturated rings. The Balaban J connectivity index is 2.13. The van der Waals surface area contributed by atoms with Crippen LogP contribution in [-0.4, -0.2) is 18.1 Å². The highest BCUT2D eigenvalue weighted by molar-refractivity contribution is 5.69. The monoisotopic (exact) mass is 267 g/mol. The highest BCUT2D eigenvalue weighted by Crippen LogP contribution is 2.09. The second kappa shape index (κ2) is 7.24. The first-order valence-corrected chi connectivity index (χ1v) is 6.54. The molecular formula is C15H22FNO2. The number of halogens is 1. The molecule has 4 heteroatoms. The van der Waals surface area contributed by atoms with Crippen LogP contribution >= 0.6 is 0 Å². The van der Waals surface area contributed by atoms with E-state index in [4.69, 9.17) is 4.74 Å². The Labute approximate surface area is 114 Å². The van der Waals surface area contributed by atoms with E-state index in [2.05, 4.69) is 5.32 Å². The van der Waals surface area contributed by atoms with Gasteiger partial charge in [-0.3, -0.25) is 4.79 Å². The Bertz CT molecular complexity index is 413. The van der Waals surface area contributed by atoms with Gasteiger partial charge in [-0.05, 0) is 51.4 Å². The van der Waals surface area contributed by atoms with Crippen molar-refractivity contribution in [3.8, 4) is 0 Å². The van der Waals surface area contributed by atoms with Crippen LogP contribution in [0.25, 0.3) is 0 Å². The summed E-state index contributed by atoms with van der Waals surface area (Å²) in [6.07, 6.45) is 1.11. The molecule has 0 radical (unpaired) electrons. The molecule has 3 nitrogen and oxygen atoms in total. The van der Waals surface area contributed by atoms with Gasteiger partial charge >= 0.3 is 5.97 Å². The summed E-state index contributed by atoms with van der Waals surface area (Å²) >= 11 is 0. The lowest BCUT2D eigenvalue weighted by molar-refractivity contribution is -0.154. The number of benzene rings is 1. The van der Waals surface area contributed by atoms with Crippen molar-refractivity contribution in [2.75, 3.05) is 6.54 Å². The Kier molecular flexibility index (Phi) is 5.96. The molecule has 0 bridgehead atoms. The third-order valence-corrected chi connectivity index (χ3v) is 2.37. The van der Waals surface area contributed by atoms with E-state index >= 15 is 0 Å². The van der Waals surface area contributed by atoms with Crippen molar-refractivity contribution >= 4 is 5.97 Å². The van der Waals surface area contributed by atoms with Crippen molar-refractivity contribution in [2.24, 2.45) is 0 Å². The van der Waals surface area contributed by atoms with Gasteiger partial charge in [0.1, 0.15) is 11.4 Å². The molecule has 1 aromatic carbocycles. The minimum Gasteiger partial charge on any atom is -0.460 e. The van der Waals surface area contributed by atoms with E-state index in [1.54, 1.807) is 6.07 Å². The minimum absolute atomic E-state index is 0.181. The van der Waals surface area contributed by atoms with Gasteiger partial charge in [-0.15, -0.1) is 0 Å². The highest BCUT2D eigenvalue weighted by atomic mass is 19.1. The second-order valence-corrected chi connectivity index (χ2v) is 5.50. The molecule has 1 rings (SSSR count). The maximum Gasteiger partial charge on any atom is 0.306 e. The maximum atomic E-state index is 12.9. The number of rotatable bonds is 6. The topological polar surface area (TPSA) is 38.3 Å². The molecule has 0 amide bonds. The van der Waals surface area contributed by atoms with Crippen LogP contribution in [0, 0.1) is 5.82 Å². The average Bonchev–Trinajstić information content (AvgIpc) is 2.26. The smallest absolute Gasteiger partial charge is 0.306 e. The third kappa shape index (κ3) is 7.57. The number of esters is 1. The molecule has 1 N–H and O–H groups in total. The van der Waals surface area contributed by atoms with E-state index in [0.29, 0.717) is 25.9 Å². The molecule has 0 spiro atoms. The van der Waals surface area contributed by atoms with Crippen LogP contribution in [0.4, 0.5) is 4.39 Å². The molecule has 0 aliphatic heterocycles. The lowest BCUT2D eigenvalue weighted by atomic mass is 10.2. The lowest BCUT2D eigenvalue weighted by Crippen LogP contribution is -2.24. The minimum atomic E-state index is -0.425. The van der Waals surface area contributed by atoms with Gasteiger partial charge in [0.15, 0.2) is 0 Å². The quantitative estimate of drug-likeness (QED) is 0.636. The molecule has 0 atom stereocenters. The second-order valence-electron chi connectivity index (χ2n) is 5.50. The zero-order valence-electron chi connectivity index (χ0n) is 11.8. The van der Waals surface area contributed by atoms with E-state index in [9.17, 15) is 9.18 Å². The van der Waals surface area contributed by atoms with Gasteiger partial charge in [0, 0.05) is 13.0 Å². The summed E-state index contributed by atoms with van der Waals surface area (Å²) in [7, 11) is 0. The molecule has 0 aliphatic carbocycles. The zero-order chi connectivity index (χ0) is 14.3. The van der Waals surface area contributed by atoms with Gasteiger partial charge in [-0.25, -0.2) is 4.39 Å². The highest BCUT2D eigenvalue weighted by Gasteiger charge is 2.15. The van der Waals surface area contributed by atoms with Crippen LogP contribution in [0.15, 0.2) is 24.3 Å². The van der Waals surface area contributed by atoms with Crippen LogP contribution in [0.3, 0.4) is 0 Å². The van der Waals surface area contributed by atoms with Crippen molar-refractivity contribution in [2.45, 2.75) is 45.8 Å². The number of carbonyl (C=O) groups excluding carboxylic acids is 1. The van der Waals surface area contributed by atoms with Gasteiger partial charge in [-0.1, -0.05) is 12.1 Å². The summed E-state index contributed by atoms with van der Waals surface area (Å²) in [4.78, 5) is 11.4. The summed E-state index contributed by atoms with van der Waals surface area (Å²) in [6, 6.07) is 6.48. The largest absolute Gasteiger partial charge is 0.460 e. The summed E-state index contributed by atoms with van der Waals surface area (Å²) in [5, 5.41) is 3.17. The molecule has 106 valence electrons. The lowest BCUT2D eigenvalue weighted by Gasteiger charge is -2.19. The van der Waals surface area contributed by atoms with Crippen LogP contribution in [0.1, 0.15) is 39.2 Å². The van der Waals surface area contributed by atoms with Crippen molar-refractivity contribution in [1.29, 1.82) is 0 Å². The summed E-state index contributed by atoms with van der Waals surface area (Å²) in [6.45, 7) is 6.87. The molecular weight excluding hydrogens is 245 g/mol. The fourth-order valence-corrected chi connectivity index (χ4v) is 1.63. The molecule has 1 aromatic rings. The predicted molar refractivity (Wildman–Crippen MR) is 73.2 cm³/mol. The number of ether oxygens (including phenoxy) is 1. The van der Waals surface area contributed by atoms with Crippen LogP contribution < -0.4 is 5.32 Å². The SMILES string of the molecule is CC(C)(C)OC(=O)CCCNCc1cccc(F)c1. The van der Waals surface area contributed by atoms with E-state index in [1.165, 1.54) is 12.1 Å². The number of hydrogen-bond acceptors (Lipinski definition) is 3. The fraction of sp³-hybridized carbons (Fsp3) is 0.533. The van der Waals surface area contributed by atoms with Gasteiger partial charge in [0.05, 0.1) is 0 Å². The Morgan fingerprint density at radius 2 is 2.11 bits per heavy atom. The van der Waals surface area contributed by atoms with Crippen molar-refractivity contribution < 1.29 is 13.9 Å². The van der Waals surface area contributed by atoms with Crippen LogP contribution in [0.5, 0.6) is 0 Å². The normalized spacial score (nSPS) is 11.4.